The molecule has 1 N–H and O–H groups in total. The lowest BCUT2D eigenvalue weighted by Gasteiger charge is -2.04. The van der Waals surface area contributed by atoms with Gasteiger partial charge in [0.05, 0.1) is 11.9 Å². The summed E-state index contributed by atoms with van der Waals surface area (Å²) >= 11 is 1.56. The molecule has 1 amide bonds. The monoisotopic (exact) mass is 372 g/mol. The van der Waals surface area contributed by atoms with Crippen molar-refractivity contribution < 1.29 is 4.79 Å². The van der Waals surface area contributed by atoms with Crippen LogP contribution in [-0.4, -0.2) is 20.7 Å². The van der Waals surface area contributed by atoms with E-state index in [1.54, 1.807) is 34.5 Å². The number of carbonyl (C=O) groups excluding carboxylic acids is 1. The number of thiazole rings is 1. The van der Waals surface area contributed by atoms with Crippen LogP contribution in [0.2, 0.25) is 0 Å². The molecular weight excluding hydrogens is 356 g/mol. The molecule has 27 heavy (non-hydrogen) atoms. The molecule has 0 aliphatic rings. The molecule has 0 saturated heterocycles. The van der Waals surface area contributed by atoms with E-state index < -0.39 is 0 Å². The number of hydrogen-bond acceptors (Lipinski definition) is 4. The van der Waals surface area contributed by atoms with Gasteiger partial charge in [0.1, 0.15) is 5.01 Å². The molecule has 0 atom stereocenters. The molecular formula is C21H16N4OS. The number of amides is 1. The van der Waals surface area contributed by atoms with Gasteiger partial charge in [0.15, 0.2) is 0 Å². The minimum absolute atomic E-state index is 0.196. The first-order chi connectivity index (χ1) is 13.3. The number of benzene rings is 2. The van der Waals surface area contributed by atoms with Gasteiger partial charge in [-0.05, 0) is 30.3 Å². The average molecular weight is 372 g/mol. The second kappa shape index (κ2) is 7.80. The van der Waals surface area contributed by atoms with Gasteiger partial charge in [-0.25, -0.2) is 9.67 Å². The zero-order chi connectivity index (χ0) is 18.5. The van der Waals surface area contributed by atoms with Crippen LogP contribution < -0.4 is 5.32 Å². The molecule has 5 nitrogen and oxygen atoms in total. The number of para-hydroxylation sites is 1. The molecule has 4 rings (SSSR count). The molecule has 0 saturated carbocycles. The Morgan fingerprint density at radius 2 is 2.00 bits per heavy atom. The first-order valence-corrected chi connectivity index (χ1v) is 9.25. The quantitative estimate of drug-likeness (QED) is 0.519. The van der Waals surface area contributed by atoms with E-state index in [1.165, 1.54) is 6.08 Å². The molecule has 0 unspecified atom stereocenters. The van der Waals surface area contributed by atoms with E-state index in [0.29, 0.717) is 0 Å². The molecule has 2 aromatic carbocycles. The third-order valence-electron chi connectivity index (χ3n) is 3.86. The Morgan fingerprint density at radius 1 is 1.11 bits per heavy atom. The van der Waals surface area contributed by atoms with Crippen LogP contribution in [-0.2, 0) is 4.79 Å². The second-order valence-corrected chi connectivity index (χ2v) is 6.69. The van der Waals surface area contributed by atoms with E-state index in [9.17, 15) is 4.79 Å². The summed E-state index contributed by atoms with van der Waals surface area (Å²) in [4.78, 5) is 16.5. The van der Waals surface area contributed by atoms with Crippen LogP contribution in [0.3, 0.4) is 0 Å². The maximum atomic E-state index is 12.2. The largest absolute Gasteiger partial charge is 0.322 e. The molecule has 2 heterocycles. The van der Waals surface area contributed by atoms with Gasteiger partial charge >= 0.3 is 0 Å². The summed E-state index contributed by atoms with van der Waals surface area (Å²) in [6.45, 7) is 0. The number of nitrogens with one attached hydrogen (secondary N) is 1. The van der Waals surface area contributed by atoms with Crippen molar-refractivity contribution in [3.8, 4) is 16.3 Å². The van der Waals surface area contributed by atoms with Crippen LogP contribution >= 0.6 is 11.3 Å². The predicted molar refractivity (Wildman–Crippen MR) is 109 cm³/mol. The summed E-state index contributed by atoms with van der Waals surface area (Å²) in [5.41, 5.74) is 3.54. The van der Waals surface area contributed by atoms with Crippen molar-refractivity contribution in [1.29, 1.82) is 0 Å². The minimum atomic E-state index is -0.196. The number of hydrogen-bond donors (Lipinski definition) is 1. The first kappa shape index (κ1) is 16.9. The second-order valence-electron chi connectivity index (χ2n) is 5.79. The van der Waals surface area contributed by atoms with Crippen LogP contribution in [0.5, 0.6) is 0 Å². The molecule has 0 spiro atoms. The standard InChI is InChI=1S/C21H16N4OS/c26-20(24-18-6-4-5-17(13-18)21-22-11-12-27-21)10-9-16-14-23-25(15-16)19-7-2-1-3-8-19/h1-15H,(H,24,26)/b10-9+. The van der Waals surface area contributed by atoms with Crippen LogP contribution in [0.1, 0.15) is 5.56 Å². The number of anilines is 1. The van der Waals surface area contributed by atoms with Crippen LogP contribution in [0.25, 0.3) is 22.3 Å². The summed E-state index contributed by atoms with van der Waals surface area (Å²) in [6.07, 6.45) is 8.61. The summed E-state index contributed by atoms with van der Waals surface area (Å²) in [5.74, 6) is -0.196. The SMILES string of the molecule is O=C(/C=C/c1cnn(-c2ccccc2)c1)Nc1cccc(-c2nccs2)c1. The van der Waals surface area contributed by atoms with Crippen molar-refractivity contribution in [2.45, 2.75) is 0 Å². The lowest BCUT2D eigenvalue weighted by atomic mass is 10.2. The fourth-order valence-electron chi connectivity index (χ4n) is 2.60. The Kier molecular flexibility index (Phi) is 4.89. The summed E-state index contributed by atoms with van der Waals surface area (Å²) in [6, 6.07) is 17.5. The van der Waals surface area contributed by atoms with E-state index in [0.717, 1.165) is 27.5 Å². The number of carbonyl (C=O) groups is 1. The van der Waals surface area contributed by atoms with Gasteiger partial charge in [-0.2, -0.15) is 5.10 Å². The smallest absolute Gasteiger partial charge is 0.248 e. The Labute approximate surface area is 160 Å². The van der Waals surface area contributed by atoms with E-state index >= 15 is 0 Å². The van der Waals surface area contributed by atoms with Crippen LogP contribution in [0, 0.1) is 0 Å². The number of rotatable bonds is 5. The molecule has 0 aliphatic heterocycles. The predicted octanol–water partition coefficient (Wildman–Crippen LogP) is 4.65. The highest BCUT2D eigenvalue weighted by Gasteiger charge is 2.04. The molecule has 0 fully saturated rings. The fraction of sp³-hybridized carbons (Fsp3) is 0. The highest BCUT2D eigenvalue weighted by molar-refractivity contribution is 7.13. The molecule has 0 aliphatic carbocycles. The maximum absolute atomic E-state index is 12.2. The summed E-state index contributed by atoms with van der Waals surface area (Å²) < 4.78 is 1.77. The lowest BCUT2D eigenvalue weighted by molar-refractivity contribution is -0.111. The van der Waals surface area contributed by atoms with Crippen LogP contribution in [0.15, 0.2) is 84.6 Å². The van der Waals surface area contributed by atoms with Crippen molar-refractivity contribution in [2.75, 3.05) is 5.32 Å². The topological polar surface area (TPSA) is 59.8 Å². The average Bonchev–Trinajstić information content (AvgIpc) is 3.40. The Bertz CT molecular complexity index is 1070. The lowest BCUT2D eigenvalue weighted by Crippen LogP contribution is -2.07. The molecule has 0 radical (unpaired) electrons. The van der Waals surface area contributed by atoms with Gasteiger partial charge in [0, 0.05) is 40.7 Å². The van der Waals surface area contributed by atoms with E-state index in [4.69, 9.17) is 0 Å². The highest BCUT2D eigenvalue weighted by atomic mass is 32.1. The number of nitrogens with zero attached hydrogens (tertiary/aromatic N) is 3. The van der Waals surface area contributed by atoms with Crippen molar-refractivity contribution in [2.24, 2.45) is 0 Å². The molecule has 132 valence electrons. The Hall–Kier alpha value is -3.51. The zero-order valence-corrected chi connectivity index (χ0v) is 15.1. The van der Waals surface area contributed by atoms with Gasteiger partial charge in [0.25, 0.3) is 0 Å². The molecule has 6 heteroatoms. The molecule has 4 aromatic rings. The van der Waals surface area contributed by atoms with Crippen molar-refractivity contribution >= 4 is 29.0 Å². The molecule has 2 aromatic heterocycles. The van der Waals surface area contributed by atoms with Crippen LogP contribution in [0.4, 0.5) is 5.69 Å². The Morgan fingerprint density at radius 3 is 2.81 bits per heavy atom. The third-order valence-corrected chi connectivity index (χ3v) is 4.68. The minimum Gasteiger partial charge on any atom is -0.322 e. The summed E-state index contributed by atoms with van der Waals surface area (Å²) in [7, 11) is 0. The van der Waals surface area contributed by atoms with Crippen molar-refractivity contribution in [1.82, 2.24) is 14.8 Å². The zero-order valence-electron chi connectivity index (χ0n) is 14.3. The van der Waals surface area contributed by atoms with Gasteiger partial charge in [0.2, 0.25) is 5.91 Å². The highest BCUT2D eigenvalue weighted by Crippen LogP contribution is 2.24. The third kappa shape index (κ3) is 4.19. The summed E-state index contributed by atoms with van der Waals surface area (Å²) in [5, 5.41) is 10.0. The van der Waals surface area contributed by atoms with E-state index in [1.807, 2.05) is 66.2 Å². The maximum Gasteiger partial charge on any atom is 0.248 e. The van der Waals surface area contributed by atoms with Gasteiger partial charge in [-0.3, -0.25) is 4.79 Å². The van der Waals surface area contributed by atoms with Crippen molar-refractivity contribution in [3.63, 3.8) is 0 Å². The van der Waals surface area contributed by atoms with E-state index in [-0.39, 0.29) is 5.91 Å². The van der Waals surface area contributed by atoms with Crippen molar-refractivity contribution in [3.05, 3.63) is 90.2 Å². The van der Waals surface area contributed by atoms with E-state index in [2.05, 4.69) is 15.4 Å². The van der Waals surface area contributed by atoms with Gasteiger partial charge in [-0.1, -0.05) is 30.3 Å². The number of aromatic nitrogens is 3. The normalized spacial score (nSPS) is 11.0. The fourth-order valence-corrected chi connectivity index (χ4v) is 3.23. The van der Waals surface area contributed by atoms with Gasteiger partial charge in [-0.15, -0.1) is 11.3 Å². The first-order valence-electron chi connectivity index (χ1n) is 8.37. The molecule has 0 bridgehead atoms. The Balaban J connectivity index is 1.43. The van der Waals surface area contributed by atoms with Gasteiger partial charge < -0.3 is 5.32 Å².